The van der Waals surface area contributed by atoms with E-state index in [1.807, 2.05) is 12.3 Å². The van der Waals surface area contributed by atoms with Gasteiger partial charge in [-0.2, -0.15) is 16.4 Å². The normalized spacial score (nSPS) is 21.8. The number of likely N-dealkylation sites (tertiary alicyclic amines) is 1. The van der Waals surface area contributed by atoms with Gasteiger partial charge in [-0.3, -0.25) is 9.58 Å². The first-order valence-electron chi connectivity index (χ1n) is 6.74. The van der Waals surface area contributed by atoms with Gasteiger partial charge in [-0.1, -0.05) is 0 Å². The second-order valence-electron chi connectivity index (χ2n) is 5.09. The molecule has 0 saturated carbocycles. The predicted octanol–water partition coefficient (Wildman–Crippen LogP) is 2.14. The molecule has 3 rings (SSSR count). The summed E-state index contributed by atoms with van der Waals surface area (Å²) in [4.78, 5) is 2.40. The van der Waals surface area contributed by atoms with E-state index in [0.29, 0.717) is 12.6 Å². The second-order valence-corrected chi connectivity index (χ2v) is 5.87. The first kappa shape index (κ1) is 12.8. The molecule has 0 radical (unpaired) electrons. The van der Waals surface area contributed by atoms with Crippen LogP contribution < -0.4 is 0 Å². The molecule has 2 aromatic heterocycles. The van der Waals surface area contributed by atoms with Crippen LogP contribution in [-0.4, -0.2) is 39.0 Å². The molecule has 0 spiro atoms. The molecule has 0 aromatic carbocycles. The molecule has 1 fully saturated rings. The van der Waals surface area contributed by atoms with E-state index in [1.165, 1.54) is 18.4 Å². The zero-order chi connectivity index (χ0) is 13.1. The second kappa shape index (κ2) is 5.86. The minimum Gasteiger partial charge on any atom is -0.390 e. The van der Waals surface area contributed by atoms with E-state index >= 15 is 0 Å². The average Bonchev–Trinajstić information content (AvgIpc) is 3.09. The fourth-order valence-electron chi connectivity index (χ4n) is 2.84. The van der Waals surface area contributed by atoms with E-state index in [0.717, 1.165) is 13.1 Å². The highest BCUT2D eigenvalue weighted by molar-refractivity contribution is 7.07. The van der Waals surface area contributed by atoms with Crippen LogP contribution in [0.3, 0.4) is 0 Å². The van der Waals surface area contributed by atoms with Crippen molar-refractivity contribution in [2.24, 2.45) is 0 Å². The Hall–Kier alpha value is -1.17. The fourth-order valence-corrected chi connectivity index (χ4v) is 3.55. The number of aromatic nitrogens is 2. The minimum absolute atomic E-state index is 0.362. The number of hydrogen-bond donors (Lipinski definition) is 1. The predicted molar refractivity (Wildman–Crippen MR) is 76.1 cm³/mol. The number of thiophene rings is 1. The van der Waals surface area contributed by atoms with Crippen LogP contribution in [0.2, 0.25) is 0 Å². The molecule has 1 saturated heterocycles. The quantitative estimate of drug-likeness (QED) is 0.910. The van der Waals surface area contributed by atoms with Crippen LogP contribution in [0, 0.1) is 0 Å². The van der Waals surface area contributed by atoms with Gasteiger partial charge in [0.15, 0.2) is 0 Å². The maximum atomic E-state index is 10.2. The SMILES string of the molecule is O[C@H](CN1CCC[C@@H]1c1ccsc1)Cn1cccn1. The van der Waals surface area contributed by atoms with Crippen molar-refractivity contribution in [2.45, 2.75) is 31.5 Å². The lowest BCUT2D eigenvalue weighted by Gasteiger charge is -2.26. The van der Waals surface area contributed by atoms with Crippen LogP contribution >= 0.6 is 11.3 Å². The van der Waals surface area contributed by atoms with E-state index < -0.39 is 0 Å². The monoisotopic (exact) mass is 277 g/mol. The van der Waals surface area contributed by atoms with Crippen molar-refractivity contribution in [3.8, 4) is 0 Å². The molecule has 0 amide bonds. The first-order chi connectivity index (χ1) is 9.33. The van der Waals surface area contributed by atoms with Gasteiger partial charge >= 0.3 is 0 Å². The number of β-amino-alcohol motifs (C(OH)–C–C–N with tert-alkyl or cyclic N) is 1. The molecule has 102 valence electrons. The summed E-state index contributed by atoms with van der Waals surface area (Å²) in [7, 11) is 0. The number of aliphatic hydroxyl groups excluding tert-OH is 1. The molecule has 2 atom stereocenters. The Kier molecular flexibility index (Phi) is 3.96. The van der Waals surface area contributed by atoms with E-state index in [1.54, 1.807) is 22.2 Å². The standard InChI is InChI=1S/C14H19N3OS/c18-13(10-17-7-2-5-15-17)9-16-6-1-3-14(16)12-4-8-19-11-12/h2,4-5,7-8,11,13-14,18H,1,3,6,9-10H2/t13-,14-/m1/s1. The molecule has 1 aliphatic heterocycles. The summed E-state index contributed by atoms with van der Waals surface area (Å²) in [5.41, 5.74) is 1.40. The van der Waals surface area contributed by atoms with Crippen molar-refractivity contribution >= 4 is 11.3 Å². The van der Waals surface area contributed by atoms with Crippen LogP contribution in [-0.2, 0) is 6.54 Å². The number of aliphatic hydroxyl groups is 1. The Bertz CT molecular complexity index is 483. The number of nitrogens with zero attached hydrogens (tertiary/aromatic N) is 3. The molecule has 19 heavy (non-hydrogen) atoms. The Morgan fingerprint density at radius 1 is 1.47 bits per heavy atom. The van der Waals surface area contributed by atoms with E-state index in [4.69, 9.17) is 0 Å². The molecule has 0 bridgehead atoms. The maximum absolute atomic E-state index is 10.2. The third-order valence-electron chi connectivity index (χ3n) is 3.69. The van der Waals surface area contributed by atoms with Crippen molar-refractivity contribution in [1.29, 1.82) is 0 Å². The van der Waals surface area contributed by atoms with E-state index in [9.17, 15) is 5.11 Å². The number of rotatable bonds is 5. The topological polar surface area (TPSA) is 41.3 Å². The summed E-state index contributed by atoms with van der Waals surface area (Å²) in [5.74, 6) is 0. The molecule has 2 aromatic rings. The molecular formula is C14H19N3OS. The molecule has 0 aliphatic carbocycles. The zero-order valence-electron chi connectivity index (χ0n) is 10.9. The van der Waals surface area contributed by atoms with E-state index in [-0.39, 0.29) is 6.10 Å². The van der Waals surface area contributed by atoms with Crippen molar-refractivity contribution in [2.75, 3.05) is 13.1 Å². The van der Waals surface area contributed by atoms with Crippen LogP contribution in [0.15, 0.2) is 35.3 Å². The lowest BCUT2D eigenvalue weighted by Crippen LogP contribution is -2.34. The van der Waals surface area contributed by atoms with Crippen LogP contribution in [0.1, 0.15) is 24.4 Å². The third-order valence-corrected chi connectivity index (χ3v) is 4.40. The molecule has 4 nitrogen and oxygen atoms in total. The minimum atomic E-state index is -0.362. The Balaban J connectivity index is 1.59. The molecule has 3 heterocycles. The van der Waals surface area contributed by atoms with Crippen molar-refractivity contribution in [1.82, 2.24) is 14.7 Å². The lowest BCUT2D eigenvalue weighted by atomic mass is 10.1. The van der Waals surface area contributed by atoms with Crippen molar-refractivity contribution in [3.05, 3.63) is 40.8 Å². The smallest absolute Gasteiger partial charge is 0.0862 e. The van der Waals surface area contributed by atoms with Crippen LogP contribution in [0.5, 0.6) is 0 Å². The molecule has 1 aliphatic rings. The zero-order valence-corrected chi connectivity index (χ0v) is 11.7. The van der Waals surface area contributed by atoms with Crippen LogP contribution in [0.25, 0.3) is 0 Å². The van der Waals surface area contributed by atoms with Gasteiger partial charge in [-0.15, -0.1) is 0 Å². The summed E-state index contributed by atoms with van der Waals surface area (Å²) >= 11 is 1.75. The fraction of sp³-hybridized carbons (Fsp3) is 0.500. The lowest BCUT2D eigenvalue weighted by molar-refractivity contribution is 0.0891. The molecule has 5 heteroatoms. The van der Waals surface area contributed by atoms with Gasteiger partial charge in [0, 0.05) is 25.0 Å². The summed E-state index contributed by atoms with van der Waals surface area (Å²) < 4.78 is 1.79. The van der Waals surface area contributed by atoms with Gasteiger partial charge in [-0.05, 0) is 47.8 Å². The number of hydrogen-bond acceptors (Lipinski definition) is 4. The maximum Gasteiger partial charge on any atom is 0.0862 e. The average molecular weight is 277 g/mol. The highest BCUT2D eigenvalue weighted by Crippen LogP contribution is 2.32. The van der Waals surface area contributed by atoms with E-state index in [2.05, 4.69) is 26.8 Å². The Labute approximate surface area is 117 Å². The first-order valence-corrected chi connectivity index (χ1v) is 7.69. The van der Waals surface area contributed by atoms with Gasteiger partial charge in [0.2, 0.25) is 0 Å². The highest BCUT2D eigenvalue weighted by atomic mass is 32.1. The van der Waals surface area contributed by atoms with Crippen molar-refractivity contribution < 1.29 is 5.11 Å². The third kappa shape index (κ3) is 3.05. The molecule has 1 N–H and O–H groups in total. The Morgan fingerprint density at radius 3 is 3.16 bits per heavy atom. The van der Waals surface area contributed by atoms with Crippen LogP contribution in [0.4, 0.5) is 0 Å². The summed E-state index contributed by atoms with van der Waals surface area (Å²) in [6, 6.07) is 4.57. The summed E-state index contributed by atoms with van der Waals surface area (Å²) in [6.45, 7) is 2.37. The largest absolute Gasteiger partial charge is 0.390 e. The molecular weight excluding hydrogens is 258 g/mol. The van der Waals surface area contributed by atoms with Gasteiger partial charge in [0.25, 0.3) is 0 Å². The summed E-state index contributed by atoms with van der Waals surface area (Å²) in [6.07, 6.45) is 5.69. The molecule has 0 unspecified atom stereocenters. The van der Waals surface area contributed by atoms with Gasteiger partial charge in [0.1, 0.15) is 0 Å². The summed E-state index contributed by atoms with van der Waals surface area (Å²) in [5, 5.41) is 18.7. The van der Waals surface area contributed by atoms with Gasteiger partial charge < -0.3 is 5.11 Å². The highest BCUT2D eigenvalue weighted by Gasteiger charge is 2.27. The van der Waals surface area contributed by atoms with Gasteiger partial charge in [0.05, 0.1) is 12.6 Å². The van der Waals surface area contributed by atoms with Crippen molar-refractivity contribution in [3.63, 3.8) is 0 Å². The van der Waals surface area contributed by atoms with Gasteiger partial charge in [-0.25, -0.2) is 0 Å². The Morgan fingerprint density at radius 2 is 2.42 bits per heavy atom.